The number of nitrogens with zero attached hydrogens (tertiary/aromatic N) is 1. The summed E-state index contributed by atoms with van der Waals surface area (Å²) >= 11 is 0. The maximum absolute atomic E-state index is 12.6. The van der Waals surface area contributed by atoms with Crippen LogP contribution >= 0.6 is 0 Å². The lowest BCUT2D eigenvalue weighted by molar-refractivity contribution is 0.594. The molecule has 0 spiro atoms. The Kier molecular flexibility index (Phi) is 3.59. The highest BCUT2D eigenvalue weighted by molar-refractivity contribution is 7.92. The SMILES string of the molecule is CN(c1ccc2c(c1)CCCN2)S(=O)(=O)c1ccccc1. The quantitative estimate of drug-likeness (QED) is 0.948. The van der Waals surface area contributed by atoms with Crippen LogP contribution in [-0.2, 0) is 16.4 Å². The fraction of sp³-hybridized carbons (Fsp3) is 0.250. The summed E-state index contributed by atoms with van der Waals surface area (Å²) in [6, 6.07) is 14.3. The van der Waals surface area contributed by atoms with Crippen molar-refractivity contribution < 1.29 is 8.42 Å². The van der Waals surface area contributed by atoms with Crippen LogP contribution in [0.2, 0.25) is 0 Å². The number of fused-ring (bicyclic) bond motifs is 1. The molecule has 0 saturated carbocycles. The van der Waals surface area contributed by atoms with Gasteiger partial charge in [-0.15, -0.1) is 0 Å². The molecule has 110 valence electrons. The minimum Gasteiger partial charge on any atom is -0.385 e. The van der Waals surface area contributed by atoms with Gasteiger partial charge >= 0.3 is 0 Å². The lowest BCUT2D eigenvalue weighted by Crippen LogP contribution is -2.26. The van der Waals surface area contributed by atoms with E-state index in [0.29, 0.717) is 10.6 Å². The molecule has 0 unspecified atom stereocenters. The lowest BCUT2D eigenvalue weighted by Gasteiger charge is -2.23. The van der Waals surface area contributed by atoms with E-state index in [1.165, 1.54) is 9.87 Å². The average molecular weight is 302 g/mol. The number of anilines is 2. The van der Waals surface area contributed by atoms with Crippen molar-refractivity contribution in [3.05, 3.63) is 54.1 Å². The molecule has 0 aromatic heterocycles. The van der Waals surface area contributed by atoms with Crippen molar-refractivity contribution in [3.63, 3.8) is 0 Å². The Bertz CT molecular complexity index is 742. The van der Waals surface area contributed by atoms with Crippen LogP contribution in [-0.4, -0.2) is 22.0 Å². The number of aryl methyl sites for hydroxylation is 1. The number of hydrogen-bond donors (Lipinski definition) is 1. The van der Waals surface area contributed by atoms with Crippen LogP contribution < -0.4 is 9.62 Å². The van der Waals surface area contributed by atoms with E-state index in [-0.39, 0.29) is 0 Å². The fourth-order valence-electron chi connectivity index (χ4n) is 2.55. The molecule has 0 fully saturated rings. The predicted molar refractivity (Wildman–Crippen MR) is 85.3 cm³/mol. The first-order valence-corrected chi connectivity index (χ1v) is 8.44. The first-order valence-electron chi connectivity index (χ1n) is 7.00. The molecule has 0 saturated heterocycles. The predicted octanol–water partition coefficient (Wildman–Crippen LogP) is 2.87. The molecule has 1 heterocycles. The second-order valence-corrected chi connectivity index (χ2v) is 7.13. The van der Waals surface area contributed by atoms with Gasteiger partial charge < -0.3 is 5.32 Å². The van der Waals surface area contributed by atoms with Gasteiger partial charge in [-0.1, -0.05) is 18.2 Å². The molecule has 2 aromatic rings. The maximum atomic E-state index is 12.6. The molecule has 1 N–H and O–H groups in total. The Labute approximate surface area is 125 Å². The van der Waals surface area contributed by atoms with Gasteiger partial charge in [0.1, 0.15) is 0 Å². The van der Waals surface area contributed by atoms with E-state index in [2.05, 4.69) is 5.32 Å². The zero-order valence-corrected chi connectivity index (χ0v) is 12.7. The van der Waals surface area contributed by atoms with Crippen molar-refractivity contribution in [1.29, 1.82) is 0 Å². The molecule has 1 aliphatic rings. The van der Waals surface area contributed by atoms with Crippen LogP contribution in [0, 0.1) is 0 Å². The zero-order valence-electron chi connectivity index (χ0n) is 11.9. The molecule has 1 aliphatic heterocycles. The van der Waals surface area contributed by atoms with Gasteiger partial charge in [0.05, 0.1) is 10.6 Å². The molecule has 0 aliphatic carbocycles. The number of rotatable bonds is 3. The van der Waals surface area contributed by atoms with Gasteiger partial charge in [-0.25, -0.2) is 8.42 Å². The smallest absolute Gasteiger partial charge is 0.264 e. The van der Waals surface area contributed by atoms with Gasteiger partial charge in [-0.3, -0.25) is 4.31 Å². The number of nitrogens with one attached hydrogen (secondary N) is 1. The second-order valence-electron chi connectivity index (χ2n) is 5.16. The highest BCUT2D eigenvalue weighted by atomic mass is 32.2. The molecule has 0 atom stereocenters. The third kappa shape index (κ3) is 2.61. The van der Waals surface area contributed by atoms with E-state index in [4.69, 9.17) is 0 Å². The lowest BCUT2D eigenvalue weighted by atomic mass is 10.0. The van der Waals surface area contributed by atoms with Crippen molar-refractivity contribution in [2.24, 2.45) is 0 Å². The number of sulfonamides is 1. The molecule has 3 rings (SSSR count). The van der Waals surface area contributed by atoms with E-state index >= 15 is 0 Å². The summed E-state index contributed by atoms with van der Waals surface area (Å²) < 4.78 is 26.6. The summed E-state index contributed by atoms with van der Waals surface area (Å²) in [7, 11) is -1.91. The minimum atomic E-state index is -3.51. The van der Waals surface area contributed by atoms with Crippen LogP contribution in [0.1, 0.15) is 12.0 Å². The summed E-state index contributed by atoms with van der Waals surface area (Å²) in [5.74, 6) is 0. The van der Waals surface area contributed by atoms with Gasteiger partial charge in [-0.05, 0) is 48.7 Å². The third-order valence-electron chi connectivity index (χ3n) is 3.79. The van der Waals surface area contributed by atoms with Crippen LogP contribution in [0.15, 0.2) is 53.4 Å². The Morgan fingerprint density at radius 1 is 1.10 bits per heavy atom. The normalized spacial score (nSPS) is 14.1. The summed E-state index contributed by atoms with van der Waals surface area (Å²) in [4.78, 5) is 0.309. The third-order valence-corrected chi connectivity index (χ3v) is 5.59. The number of benzene rings is 2. The van der Waals surface area contributed by atoms with Crippen molar-refractivity contribution >= 4 is 21.4 Å². The number of hydrogen-bond acceptors (Lipinski definition) is 3. The average Bonchev–Trinajstić information content (AvgIpc) is 2.54. The first-order chi connectivity index (χ1) is 10.1. The molecular weight excluding hydrogens is 284 g/mol. The van der Waals surface area contributed by atoms with Gasteiger partial charge in [0.15, 0.2) is 0 Å². The molecule has 0 radical (unpaired) electrons. The van der Waals surface area contributed by atoms with E-state index in [1.807, 2.05) is 24.3 Å². The largest absolute Gasteiger partial charge is 0.385 e. The van der Waals surface area contributed by atoms with E-state index in [0.717, 1.165) is 25.1 Å². The van der Waals surface area contributed by atoms with Crippen molar-refractivity contribution in [2.75, 3.05) is 23.2 Å². The molecule has 4 nitrogen and oxygen atoms in total. The fourth-order valence-corrected chi connectivity index (χ4v) is 3.75. The topological polar surface area (TPSA) is 49.4 Å². The molecule has 0 bridgehead atoms. The van der Waals surface area contributed by atoms with Gasteiger partial charge in [0.2, 0.25) is 0 Å². The minimum absolute atomic E-state index is 0.309. The summed E-state index contributed by atoms with van der Waals surface area (Å²) in [5.41, 5.74) is 2.98. The van der Waals surface area contributed by atoms with E-state index in [1.54, 1.807) is 31.3 Å². The molecular formula is C16H18N2O2S. The van der Waals surface area contributed by atoms with Crippen LogP contribution in [0.5, 0.6) is 0 Å². The Morgan fingerprint density at radius 3 is 2.62 bits per heavy atom. The van der Waals surface area contributed by atoms with Crippen LogP contribution in [0.3, 0.4) is 0 Å². The highest BCUT2D eigenvalue weighted by Gasteiger charge is 2.22. The maximum Gasteiger partial charge on any atom is 0.264 e. The first kappa shape index (κ1) is 13.9. The van der Waals surface area contributed by atoms with Crippen LogP contribution in [0.25, 0.3) is 0 Å². The standard InChI is InChI=1S/C16H18N2O2S/c1-18(21(19,20)15-7-3-2-4-8-15)14-9-10-16-13(12-14)6-5-11-17-16/h2-4,7-10,12,17H,5-6,11H2,1H3. The monoisotopic (exact) mass is 302 g/mol. The summed E-state index contributed by atoms with van der Waals surface area (Å²) in [6.07, 6.45) is 2.06. The van der Waals surface area contributed by atoms with Crippen molar-refractivity contribution in [2.45, 2.75) is 17.7 Å². The van der Waals surface area contributed by atoms with Crippen molar-refractivity contribution in [1.82, 2.24) is 0 Å². The summed E-state index contributed by atoms with van der Waals surface area (Å²) in [5, 5.41) is 3.33. The Balaban J connectivity index is 1.97. The van der Waals surface area contributed by atoms with Crippen molar-refractivity contribution in [3.8, 4) is 0 Å². The molecule has 0 amide bonds. The van der Waals surface area contributed by atoms with Gasteiger partial charge in [0.25, 0.3) is 10.0 Å². The zero-order chi connectivity index (χ0) is 14.9. The Hall–Kier alpha value is -2.01. The van der Waals surface area contributed by atoms with Crippen LogP contribution in [0.4, 0.5) is 11.4 Å². The second kappa shape index (κ2) is 5.41. The molecule has 21 heavy (non-hydrogen) atoms. The van der Waals surface area contributed by atoms with Gasteiger partial charge in [-0.2, -0.15) is 0 Å². The molecule has 5 heteroatoms. The van der Waals surface area contributed by atoms with E-state index < -0.39 is 10.0 Å². The molecule has 2 aromatic carbocycles. The summed E-state index contributed by atoms with van der Waals surface area (Å²) in [6.45, 7) is 0.977. The van der Waals surface area contributed by atoms with E-state index in [9.17, 15) is 8.42 Å². The Morgan fingerprint density at radius 2 is 1.86 bits per heavy atom. The van der Waals surface area contributed by atoms with Gasteiger partial charge in [0, 0.05) is 19.3 Å². The highest BCUT2D eigenvalue weighted by Crippen LogP contribution is 2.29.